The molecule has 0 aromatic heterocycles. The van der Waals surface area contributed by atoms with Crippen LogP contribution < -0.4 is 11.1 Å². The van der Waals surface area contributed by atoms with Crippen molar-refractivity contribution in [3.8, 4) is 0 Å². The Morgan fingerprint density at radius 3 is 2.75 bits per heavy atom. The van der Waals surface area contributed by atoms with Crippen LogP contribution >= 0.6 is 0 Å². The molecule has 0 spiro atoms. The van der Waals surface area contributed by atoms with E-state index in [0.29, 0.717) is 31.6 Å². The lowest BCUT2D eigenvalue weighted by molar-refractivity contribution is -0.133. The van der Waals surface area contributed by atoms with Crippen LogP contribution in [-0.2, 0) is 16.0 Å². The molecule has 1 fully saturated rings. The molecule has 3 N–H and O–H groups in total. The first kappa shape index (κ1) is 18.1. The zero-order chi connectivity index (χ0) is 17.7. The van der Waals surface area contributed by atoms with Gasteiger partial charge in [0, 0.05) is 18.8 Å². The SMILES string of the molecule is NC(=O)[C@@H]1CCCN(C(=O)CNc2cccc(CC(F)(F)F)c2)C1. The van der Waals surface area contributed by atoms with Gasteiger partial charge in [-0.3, -0.25) is 9.59 Å². The van der Waals surface area contributed by atoms with Crippen molar-refractivity contribution in [1.29, 1.82) is 0 Å². The van der Waals surface area contributed by atoms with Gasteiger partial charge < -0.3 is 16.0 Å². The number of halogens is 3. The number of carbonyl (C=O) groups is 2. The summed E-state index contributed by atoms with van der Waals surface area (Å²) in [6, 6.07) is 5.89. The van der Waals surface area contributed by atoms with Crippen molar-refractivity contribution in [3.63, 3.8) is 0 Å². The Bertz CT molecular complexity index is 604. The molecule has 0 saturated carbocycles. The van der Waals surface area contributed by atoms with Gasteiger partial charge in [0.15, 0.2) is 0 Å². The molecule has 132 valence electrons. The summed E-state index contributed by atoms with van der Waals surface area (Å²) >= 11 is 0. The third kappa shape index (κ3) is 5.43. The molecule has 1 saturated heterocycles. The van der Waals surface area contributed by atoms with E-state index in [1.165, 1.54) is 18.2 Å². The normalized spacial score (nSPS) is 18.3. The maximum atomic E-state index is 12.4. The summed E-state index contributed by atoms with van der Waals surface area (Å²) in [6.45, 7) is 0.809. The minimum Gasteiger partial charge on any atom is -0.376 e. The van der Waals surface area contributed by atoms with Crippen LogP contribution in [0, 0.1) is 5.92 Å². The molecule has 24 heavy (non-hydrogen) atoms. The van der Waals surface area contributed by atoms with Gasteiger partial charge in [0.2, 0.25) is 11.8 Å². The number of amides is 2. The Morgan fingerprint density at radius 2 is 2.08 bits per heavy atom. The molecule has 1 aromatic carbocycles. The van der Waals surface area contributed by atoms with E-state index in [2.05, 4.69) is 5.32 Å². The molecule has 0 aliphatic carbocycles. The van der Waals surface area contributed by atoms with Gasteiger partial charge in [0.25, 0.3) is 0 Å². The minimum atomic E-state index is -4.27. The minimum absolute atomic E-state index is 0.0407. The quantitative estimate of drug-likeness (QED) is 0.858. The number of likely N-dealkylation sites (tertiary alicyclic amines) is 1. The van der Waals surface area contributed by atoms with E-state index in [1.807, 2.05) is 0 Å². The molecule has 1 aliphatic rings. The maximum absolute atomic E-state index is 12.4. The number of rotatable bonds is 5. The van der Waals surface area contributed by atoms with Crippen LogP contribution in [0.1, 0.15) is 18.4 Å². The van der Waals surface area contributed by atoms with Gasteiger partial charge in [-0.1, -0.05) is 12.1 Å². The van der Waals surface area contributed by atoms with E-state index >= 15 is 0 Å². The molecule has 8 heteroatoms. The molecule has 0 radical (unpaired) electrons. The van der Waals surface area contributed by atoms with Gasteiger partial charge in [-0.2, -0.15) is 13.2 Å². The summed E-state index contributed by atoms with van der Waals surface area (Å²) < 4.78 is 37.2. The molecule has 2 amide bonds. The van der Waals surface area contributed by atoms with Gasteiger partial charge in [0.1, 0.15) is 0 Å². The van der Waals surface area contributed by atoms with Gasteiger partial charge in [-0.05, 0) is 30.5 Å². The first-order chi connectivity index (χ1) is 11.2. The number of piperidine rings is 1. The monoisotopic (exact) mass is 343 g/mol. The smallest absolute Gasteiger partial charge is 0.376 e. The summed E-state index contributed by atoms with van der Waals surface area (Å²) in [5.74, 6) is -0.958. The van der Waals surface area contributed by atoms with E-state index in [-0.39, 0.29) is 23.9 Å². The number of nitrogens with zero attached hydrogens (tertiary/aromatic N) is 1. The van der Waals surface area contributed by atoms with Crippen molar-refractivity contribution in [1.82, 2.24) is 4.90 Å². The number of primary amides is 1. The number of carbonyl (C=O) groups excluding carboxylic acids is 2. The molecule has 0 bridgehead atoms. The lowest BCUT2D eigenvalue weighted by Gasteiger charge is -2.31. The molecular formula is C16H20F3N3O2. The lowest BCUT2D eigenvalue weighted by Crippen LogP contribution is -2.45. The average Bonchev–Trinajstić information content (AvgIpc) is 2.51. The molecule has 2 rings (SSSR count). The highest BCUT2D eigenvalue weighted by atomic mass is 19.4. The Morgan fingerprint density at radius 1 is 1.33 bits per heavy atom. The number of nitrogens with two attached hydrogens (primary N) is 1. The number of alkyl halides is 3. The van der Waals surface area contributed by atoms with Crippen molar-refractivity contribution >= 4 is 17.5 Å². The lowest BCUT2D eigenvalue weighted by atomic mass is 9.97. The average molecular weight is 343 g/mol. The van der Waals surface area contributed by atoms with E-state index in [4.69, 9.17) is 5.73 Å². The van der Waals surface area contributed by atoms with E-state index in [9.17, 15) is 22.8 Å². The van der Waals surface area contributed by atoms with Crippen LogP contribution in [0.2, 0.25) is 0 Å². The summed E-state index contributed by atoms with van der Waals surface area (Å²) in [5.41, 5.74) is 5.86. The zero-order valence-corrected chi connectivity index (χ0v) is 13.1. The predicted molar refractivity (Wildman–Crippen MR) is 83.2 cm³/mol. The number of nitrogens with one attached hydrogen (secondary N) is 1. The highest BCUT2D eigenvalue weighted by molar-refractivity contribution is 5.82. The fraction of sp³-hybridized carbons (Fsp3) is 0.500. The van der Waals surface area contributed by atoms with Crippen molar-refractivity contribution < 1.29 is 22.8 Å². The van der Waals surface area contributed by atoms with Gasteiger partial charge in [-0.15, -0.1) is 0 Å². The largest absolute Gasteiger partial charge is 0.393 e. The summed E-state index contributed by atoms with van der Waals surface area (Å²) in [5, 5.41) is 2.84. The third-order valence-electron chi connectivity index (χ3n) is 3.95. The van der Waals surface area contributed by atoms with Crippen molar-refractivity contribution in [3.05, 3.63) is 29.8 Å². The molecule has 1 aromatic rings. The van der Waals surface area contributed by atoms with Crippen LogP contribution in [0.25, 0.3) is 0 Å². The van der Waals surface area contributed by atoms with E-state index in [1.54, 1.807) is 11.0 Å². The Hall–Kier alpha value is -2.25. The topological polar surface area (TPSA) is 75.4 Å². The zero-order valence-electron chi connectivity index (χ0n) is 13.1. The Kier molecular flexibility index (Phi) is 5.69. The fourth-order valence-corrected chi connectivity index (χ4v) is 2.75. The maximum Gasteiger partial charge on any atom is 0.393 e. The molecule has 1 aliphatic heterocycles. The molecule has 1 heterocycles. The fourth-order valence-electron chi connectivity index (χ4n) is 2.75. The van der Waals surface area contributed by atoms with E-state index in [0.717, 1.165) is 0 Å². The number of anilines is 1. The van der Waals surface area contributed by atoms with Crippen LogP contribution in [0.15, 0.2) is 24.3 Å². The Balaban J connectivity index is 1.89. The highest BCUT2D eigenvalue weighted by Gasteiger charge is 2.28. The van der Waals surface area contributed by atoms with Crippen LogP contribution in [0.3, 0.4) is 0 Å². The standard InChI is InChI=1S/C16H20F3N3O2/c17-16(18,19)8-11-3-1-5-13(7-11)21-9-14(23)22-6-2-4-12(10-22)15(20)24/h1,3,5,7,12,21H,2,4,6,8-10H2,(H2,20,24)/t12-/m1/s1. The van der Waals surface area contributed by atoms with Crippen molar-refractivity contribution in [2.75, 3.05) is 25.0 Å². The number of hydrogen-bond donors (Lipinski definition) is 2. The molecule has 1 atom stereocenters. The second-order valence-electron chi connectivity index (χ2n) is 5.93. The molecule has 0 unspecified atom stereocenters. The van der Waals surface area contributed by atoms with Gasteiger partial charge in [0.05, 0.1) is 18.9 Å². The van der Waals surface area contributed by atoms with Gasteiger partial charge in [-0.25, -0.2) is 0 Å². The van der Waals surface area contributed by atoms with Crippen LogP contribution in [0.5, 0.6) is 0 Å². The molecular weight excluding hydrogens is 323 g/mol. The summed E-state index contributed by atoms with van der Waals surface area (Å²) in [4.78, 5) is 25.0. The van der Waals surface area contributed by atoms with Crippen molar-refractivity contribution in [2.45, 2.75) is 25.4 Å². The summed E-state index contributed by atoms with van der Waals surface area (Å²) in [7, 11) is 0. The molecule has 5 nitrogen and oxygen atoms in total. The van der Waals surface area contributed by atoms with Crippen molar-refractivity contribution in [2.24, 2.45) is 11.7 Å². The first-order valence-electron chi connectivity index (χ1n) is 7.71. The second kappa shape index (κ2) is 7.55. The number of benzene rings is 1. The van der Waals surface area contributed by atoms with E-state index < -0.39 is 18.5 Å². The van der Waals surface area contributed by atoms with Crippen LogP contribution in [-0.4, -0.2) is 42.5 Å². The van der Waals surface area contributed by atoms with Crippen LogP contribution in [0.4, 0.5) is 18.9 Å². The highest BCUT2D eigenvalue weighted by Crippen LogP contribution is 2.23. The Labute approximate surface area is 138 Å². The predicted octanol–water partition coefficient (Wildman–Crippen LogP) is 1.93. The summed E-state index contributed by atoms with van der Waals surface area (Å²) in [6.07, 6.45) is -3.90. The first-order valence-corrected chi connectivity index (χ1v) is 7.71. The van der Waals surface area contributed by atoms with Gasteiger partial charge >= 0.3 is 6.18 Å². The second-order valence-corrected chi connectivity index (χ2v) is 5.93. The number of hydrogen-bond acceptors (Lipinski definition) is 3. The third-order valence-corrected chi connectivity index (χ3v) is 3.95.